The van der Waals surface area contributed by atoms with Crippen molar-refractivity contribution in [1.29, 1.82) is 0 Å². The van der Waals surface area contributed by atoms with Gasteiger partial charge in [-0.05, 0) is 37.5 Å². The molecule has 1 N–H and O–H groups in total. The number of H-pyrrole nitrogens is 1. The summed E-state index contributed by atoms with van der Waals surface area (Å²) in [7, 11) is 0. The van der Waals surface area contributed by atoms with E-state index in [1.807, 2.05) is 0 Å². The lowest BCUT2D eigenvalue weighted by Gasteiger charge is -2.51. The monoisotopic (exact) mass is 345 g/mol. The van der Waals surface area contributed by atoms with Gasteiger partial charge in [0.1, 0.15) is 0 Å². The van der Waals surface area contributed by atoms with Gasteiger partial charge < -0.3 is 4.98 Å². The molecule has 3 atom stereocenters. The molecule has 3 aromatic rings. The molecule has 0 spiro atoms. The first-order valence-corrected chi connectivity index (χ1v) is 9.83. The summed E-state index contributed by atoms with van der Waals surface area (Å²) in [4.78, 5) is 9.09. The molecule has 3 heteroatoms. The fourth-order valence-corrected chi connectivity index (χ4v) is 4.98. The van der Waals surface area contributed by atoms with Crippen LogP contribution in [0.2, 0.25) is 0 Å². The first-order valence-electron chi connectivity index (χ1n) is 9.83. The van der Waals surface area contributed by atoms with E-state index in [2.05, 4.69) is 83.2 Å². The number of nitrogens with one attached hydrogen (secondary N) is 1. The van der Waals surface area contributed by atoms with E-state index < -0.39 is 0 Å². The van der Waals surface area contributed by atoms with Crippen molar-refractivity contribution in [1.82, 2.24) is 14.8 Å². The summed E-state index contributed by atoms with van der Waals surface area (Å²) >= 11 is 0. The summed E-state index contributed by atoms with van der Waals surface area (Å²) in [6.45, 7) is 8.06. The van der Waals surface area contributed by atoms with Gasteiger partial charge in [0.15, 0.2) is 0 Å². The quantitative estimate of drug-likeness (QED) is 0.752. The number of para-hydroxylation sites is 1. The number of rotatable bonds is 2. The van der Waals surface area contributed by atoms with Crippen molar-refractivity contribution in [3.8, 4) is 0 Å². The molecule has 2 aliphatic heterocycles. The van der Waals surface area contributed by atoms with Crippen LogP contribution in [0, 0.1) is 0 Å². The Morgan fingerprint density at radius 1 is 0.962 bits per heavy atom. The molecule has 0 aliphatic carbocycles. The lowest BCUT2D eigenvalue weighted by molar-refractivity contribution is -0.0238. The summed E-state index contributed by atoms with van der Waals surface area (Å²) in [5.74, 6) is 0. The molecule has 0 radical (unpaired) electrons. The minimum Gasteiger partial charge on any atom is -0.357 e. The number of fused-ring (bicyclic) bond motifs is 4. The van der Waals surface area contributed by atoms with Crippen molar-refractivity contribution in [2.75, 3.05) is 6.54 Å². The summed E-state index contributed by atoms with van der Waals surface area (Å²) in [6, 6.07) is 21.4. The lowest BCUT2D eigenvalue weighted by Crippen LogP contribution is -2.62. The molecule has 1 saturated heterocycles. The number of hydrogen-bond acceptors (Lipinski definition) is 2. The molecule has 2 aromatic carbocycles. The zero-order chi connectivity index (χ0) is 17.7. The molecule has 5 rings (SSSR count). The maximum Gasteiger partial charge on any atom is 0.0459 e. The van der Waals surface area contributed by atoms with E-state index in [1.54, 1.807) is 5.56 Å². The minimum atomic E-state index is 0.567. The Kier molecular flexibility index (Phi) is 3.87. The fourth-order valence-electron chi connectivity index (χ4n) is 4.98. The second-order valence-corrected chi connectivity index (χ2v) is 8.05. The Morgan fingerprint density at radius 3 is 2.58 bits per heavy atom. The molecule has 2 aliphatic rings. The minimum absolute atomic E-state index is 0.567. The first-order chi connectivity index (χ1) is 12.7. The van der Waals surface area contributed by atoms with Crippen LogP contribution < -0.4 is 0 Å². The Balaban J connectivity index is 1.44. The lowest BCUT2D eigenvalue weighted by atomic mass is 9.90. The Morgan fingerprint density at radius 2 is 1.73 bits per heavy atom. The molecule has 0 bridgehead atoms. The molecule has 0 saturated carbocycles. The average molecular weight is 345 g/mol. The van der Waals surface area contributed by atoms with E-state index in [1.165, 1.54) is 22.2 Å². The smallest absolute Gasteiger partial charge is 0.0459 e. The third-order valence-corrected chi connectivity index (χ3v) is 6.62. The highest BCUT2D eigenvalue weighted by Crippen LogP contribution is 2.35. The molecule has 3 nitrogen and oxygen atoms in total. The van der Waals surface area contributed by atoms with Crippen LogP contribution in [0.3, 0.4) is 0 Å². The van der Waals surface area contributed by atoms with Gasteiger partial charge in [0.25, 0.3) is 0 Å². The van der Waals surface area contributed by atoms with E-state index in [0.29, 0.717) is 18.1 Å². The number of hydrogen-bond donors (Lipinski definition) is 1. The number of benzene rings is 2. The van der Waals surface area contributed by atoms with Crippen LogP contribution in [0.1, 0.15) is 30.7 Å². The predicted molar refractivity (Wildman–Crippen MR) is 107 cm³/mol. The molecular formula is C23H27N3. The van der Waals surface area contributed by atoms with Crippen molar-refractivity contribution in [3.63, 3.8) is 0 Å². The van der Waals surface area contributed by atoms with Gasteiger partial charge in [0.2, 0.25) is 0 Å². The average Bonchev–Trinajstić information content (AvgIpc) is 3.03. The highest BCUT2D eigenvalue weighted by molar-refractivity contribution is 5.84. The van der Waals surface area contributed by atoms with Crippen LogP contribution in [0.15, 0.2) is 54.6 Å². The zero-order valence-corrected chi connectivity index (χ0v) is 15.7. The highest BCUT2D eigenvalue weighted by atomic mass is 15.3. The van der Waals surface area contributed by atoms with Crippen molar-refractivity contribution in [2.45, 2.75) is 51.5 Å². The Hall–Kier alpha value is -2.10. The summed E-state index contributed by atoms with van der Waals surface area (Å²) in [5.41, 5.74) is 5.68. The predicted octanol–water partition coefficient (Wildman–Crippen LogP) is 4.19. The van der Waals surface area contributed by atoms with Gasteiger partial charge in [0, 0.05) is 54.4 Å². The molecule has 0 unspecified atom stereocenters. The normalized spacial score (nSPS) is 26.6. The maximum absolute atomic E-state index is 3.68. The largest absolute Gasteiger partial charge is 0.357 e. The molecule has 0 amide bonds. The van der Waals surface area contributed by atoms with E-state index in [4.69, 9.17) is 0 Å². The van der Waals surface area contributed by atoms with Gasteiger partial charge in [-0.15, -0.1) is 0 Å². The number of aromatic nitrogens is 1. The molecule has 26 heavy (non-hydrogen) atoms. The molecular weight excluding hydrogens is 318 g/mol. The van der Waals surface area contributed by atoms with Crippen molar-refractivity contribution >= 4 is 10.9 Å². The first kappa shape index (κ1) is 16.1. The fraction of sp³-hybridized carbons (Fsp3) is 0.391. The van der Waals surface area contributed by atoms with Gasteiger partial charge in [-0.3, -0.25) is 9.80 Å². The van der Waals surface area contributed by atoms with E-state index in [9.17, 15) is 0 Å². The molecule has 1 fully saturated rings. The van der Waals surface area contributed by atoms with E-state index in [-0.39, 0.29) is 0 Å². The van der Waals surface area contributed by atoms with Gasteiger partial charge in [-0.2, -0.15) is 0 Å². The second-order valence-electron chi connectivity index (χ2n) is 8.05. The van der Waals surface area contributed by atoms with Gasteiger partial charge >= 0.3 is 0 Å². The number of nitrogens with zero attached hydrogens (tertiary/aromatic N) is 2. The third-order valence-electron chi connectivity index (χ3n) is 6.62. The van der Waals surface area contributed by atoms with Crippen LogP contribution >= 0.6 is 0 Å². The standard InChI is InChI=1S/C23H27N3/c1-16-17(2)26-15-23-21(20-10-6-7-11-22(20)24-23)12-19(26)14-25(16)13-18-8-4-3-5-9-18/h3-11,16-17,19,24H,12-15H2,1-2H3/t16-,17-,19-/m0/s1. The summed E-state index contributed by atoms with van der Waals surface area (Å²) in [5, 5.41) is 1.42. The van der Waals surface area contributed by atoms with Crippen molar-refractivity contribution in [2.24, 2.45) is 0 Å². The van der Waals surface area contributed by atoms with Gasteiger partial charge in [-0.25, -0.2) is 0 Å². The molecule has 1 aromatic heterocycles. The van der Waals surface area contributed by atoms with Crippen LogP contribution in [0.25, 0.3) is 10.9 Å². The van der Waals surface area contributed by atoms with Gasteiger partial charge in [-0.1, -0.05) is 48.5 Å². The second kappa shape index (κ2) is 6.26. The van der Waals surface area contributed by atoms with Crippen molar-refractivity contribution < 1.29 is 0 Å². The third kappa shape index (κ3) is 2.58. The number of piperazine rings is 1. The van der Waals surface area contributed by atoms with Gasteiger partial charge in [0.05, 0.1) is 0 Å². The van der Waals surface area contributed by atoms with Crippen LogP contribution in [-0.4, -0.2) is 39.5 Å². The zero-order valence-electron chi connectivity index (χ0n) is 15.7. The molecule has 3 heterocycles. The summed E-state index contributed by atoms with van der Waals surface area (Å²) in [6.07, 6.45) is 1.15. The highest BCUT2D eigenvalue weighted by Gasteiger charge is 2.40. The van der Waals surface area contributed by atoms with Crippen LogP contribution in [-0.2, 0) is 19.5 Å². The Labute approximate surface area is 155 Å². The van der Waals surface area contributed by atoms with E-state index in [0.717, 1.165) is 26.1 Å². The van der Waals surface area contributed by atoms with Crippen LogP contribution in [0.5, 0.6) is 0 Å². The number of aromatic amines is 1. The molecule has 134 valence electrons. The van der Waals surface area contributed by atoms with Crippen LogP contribution in [0.4, 0.5) is 0 Å². The SMILES string of the molecule is C[C@H]1[C@H](C)N2Cc3[nH]c4ccccc4c3C[C@H]2CN1Cc1ccccc1. The van der Waals surface area contributed by atoms with Crippen molar-refractivity contribution in [3.05, 3.63) is 71.4 Å². The topological polar surface area (TPSA) is 22.3 Å². The maximum atomic E-state index is 3.68. The van der Waals surface area contributed by atoms with E-state index >= 15 is 0 Å². The Bertz CT molecular complexity index is 914. The summed E-state index contributed by atoms with van der Waals surface area (Å²) < 4.78 is 0.